The molecule has 0 fully saturated rings. The summed E-state index contributed by atoms with van der Waals surface area (Å²) < 4.78 is 0. The summed E-state index contributed by atoms with van der Waals surface area (Å²) in [5.41, 5.74) is 8.20. The quantitative estimate of drug-likeness (QED) is 0.251. The van der Waals surface area contributed by atoms with Gasteiger partial charge >= 0.3 is 32.7 Å². The third-order valence-corrected chi connectivity index (χ3v) is 6.45. The van der Waals surface area contributed by atoms with Crippen molar-refractivity contribution < 1.29 is 32.7 Å². The normalized spacial score (nSPS) is 11.8. The maximum absolute atomic E-state index is 2.38. The Morgan fingerprint density at radius 2 is 1.34 bits per heavy atom. The molecule has 4 rings (SSSR count). The molecule has 0 bridgehead atoms. The second kappa shape index (κ2) is 22.2. The summed E-state index contributed by atoms with van der Waals surface area (Å²) in [6.45, 7) is 21.1. The monoisotopic (exact) mass is 588 g/mol. The Morgan fingerprint density at radius 1 is 0.737 bits per heavy atom. The summed E-state index contributed by atoms with van der Waals surface area (Å²) in [4.78, 5) is 0. The van der Waals surface area contributed by atoms with Gasteiger partial charge in [0.05, 0.1) is 0 Å². The Hall–Kier alpha value is -1.63. The molecule has 1 heteroatoms. The van der Waals surface area contributed by atoms with Gasteiger partial charge in [-0.15, -0.1) is 13.0 Å². The summed E-state index contributed by atoms with van der Waals surface area (Å²) in [6.07, 6.45) is 8.88. The van der Waals surface area contributed by atoms with Crippen molar-refractivity contribution in [2.45, 2.75) is 82.1 Å². The predicted octanol–water partition coefficient (Wildman–Crippen LogP) is 12.3. The van der Waals surface area contributed by atoms with Crippen LogP contribution < -0.4 is 0 Å². The van der Waals surface area contributed by atoms with Crippen LogP contribution in [0, 0.1) is 33.1 Å². The molecule has 38 heavy (non-hydrogen) atoms. The van der Waals surface area contributed by atoms with E-state index in [-0.39, 0.29) is 47.6 Å². The van der Waals surface area contributed by atoms with Gasteiger partial charge in [-0.2, -0.15) is 0 Å². The van der Waals surface area contributed by atoms with E-state index in [0.717, 1.165) is 12.8 Å². The second-order valence-corrected chi connectivity index (χ2v) is 8.77. The van der Waals surface area contributed by atoms with Crippen molar-refractivity contribution in [2.24, 2.45) is 11.8 Å². The van der Waals surface area contributed by atoms with Crippen molar-refractivity contribution in [2.75, 3.05) is 0 Å². The van der Waals surface area contributed by atoms with Crippen LogP contribution in [0.2, 0.25) is 0 Å². The number of fused-ring (bicyclic) bond motifs is 1. The molecule has 0 aromatic heterocycles. The molecule has 1 aliphatic rings. The predicted molar refractivity (Wildman–Crippen MR) is 175 cm³/mol. The van der Waals surface area contributed by atoms with Crippen LogP contribution in [0.15, 0.2) is 78.4 Å². The van der Waals surface area contributed by atoms with Gasteiger partial charge < -0.3 is 14.9 Å². The van der Waals surface area contributed by atoms with Crippen molar-refractivity contribution in [1.82, 2.24) is 0 Å². The maximum atomic E-state index is 2.38. The third-order valence-electron chi connectivity index (χ3n) is 6.45. The number of rotatable bonds is 6. The SMILES string of the molecule is CC.CC.CC.C[CH-]C1=CC=C(c2cccc(-c3cccc4cc(CC(C)C(C)C)ccc34)c2)C1.[CH3-].[CH3-].[Y+3]. The zero-order valence-corrected chi connectivity index (χ0v) is 29.5. The van der Waals surface area contributed by atoms with E-state index in [4.69, 9.17) is 0 Å². The van der Waals surface area contributed by atoms with E-state index < -0.39 is 0 Å². The molecule has 0 N–H and O–H groups in total. The van der Waals surface area contributed by atoms with Gasteiger partial charge in [0.2, 0.25) is 0 Å². The molecule has 0 nitrogen and oxygen atoms in total. The standard InChI is InChI=1S/C29H31.3C2H6.2CH3.Y/c1-5-22-12-14-25(17-22)24-8-6-9-27(19-24)28-11-7-10-26-18-23(13-15-29(26)28)16-21(4)20(2)3;3*1-2;;;/h5-15,18-21H,16-17H2,1-4H3;3*1-2H3;2*1H3;/q-1;;;;2*-1;+3. The van der Waals surface area contributed by atoms with E-state index in [1.165, 1.54) is 44.2 Å². The molecule has 0 aliphatic heterocycles. The van der Waals surface area contributed by atoms with Gasteiger partial charge in [0, 0.05) is 0 Å². The first-order chi connectivity index (χ1) is 17.0. The molecule has 1 aliphatic carbocycles. The largest absolute Gasteiger partial charge is 3.00 e. The van der Waals surface area contributed by atoms with E-state index in [1.54, 1.807) is 0 Å². The van der Waals surface area contributed by atoms with Gasteiger partial charge in [-0.25, -0.2) is 18.1 Å². The minimum absolute atomic E-state index is 0. The molecule has 0 heterocycles. The van der Waals surface area contributed by atoms with Crippen molar-refractivity contribution in [3.63, 3.8) is 0 Å². The summed E-state index contributed by atoms with van der Waals surface area (Å²) in [6, 6.07) is 22.7. The van der Waals surface area contributed by atoms with Crippen LogP contribution in [-0.2, 0) is 39.1 Å². The fraction of sp³-hybridized carbons (Fsp3) is 0.378. The molecule has 3 aromatic carbocycles. The summed E-state index contributed by atoms with van der Waals surface area (Å²) in [7, 11) is 0. The average molecular weight is 589 g/mol. The third kappa shape index (κ3) is 11.2. The molecule has 1 unspecified atom stereocenters. The molecule has 1 atom stereocenters. The second-order valence-electron chi connectivity index (χ2n) is 8.77. The van der Waals surface area contributed by atoms with E-state index in [9.17, 15) is 0 Å². The molecule has 3 aromatic rings. The first-order valence-electron chi connectivity index (χ1n) is 13.9. The molecule has 0 radical (unpaired) electrons. The number of hydrogen-bond acceptors (Lipinski definition) is 0. The number of hydrogen-bond donors (Lipinski definition) is 0. The van der Waals surface area contributed by atoms with Crippen LogP contribution in [0.3, 0.4) is 0 Å². The van der Waals surface area contributed by atoms with Gasteiger partial charge in [-0.1, -0.05) is 122 Å². The van der Waals surface area contributed by atoms with Crippen LogP contribution in [-0.4, -0.2) is 0 Å². The fourth-order valence-corrected chi connectivity index (χ4v) is 4.15. The summed E-state index contributed by atoms with van der Waals surface area (Å²) in [5, 5.41) is 2.68. The van der Waals surface area contributed by atoms with Crippen LogP contribution in [0.5, 0.6) is 0 Å². The van der Waals surface area contributed by atoms with Crippen LogP contribution in [0.4, 0.5) is 0 Å². The summed E-state index contributed by atoms with van der Waals surface area (Å²) >= 11 is 0. The molecule has 0 amide bonds. The molecular formula is C37H55Y. The Balaban J connectivity index is -0.00000127. The Labute approximate surface area is 263 Å². The Kier molecular flexibility index (Phi) is 23.9. The van der Waals surface area contributed by atoms with Crippen molar-refractivity contribution in [3.8, 4) is 11.1 Å². The van der Waals surface area contributed by atoms with E-state index in [2.05, 4.69) is 107 Å². The zero-order valence-electron chi connectivity index (χ0n) is 26.7. The molecule has 0 spiro atoms. The van der Waals surface area contributed by atoms with Crippen LogP contribution in [0.1, 0.15) is 86.8 Å². The average Bonchev–Trinajstić information content (AvgIpc) is 3.41. The first-order valence-corrected chi connectivity index (χ1v) is 13.9. The Bertz CT molecular complexity index is 1080. The Morgan fingerprint density at radius 3 is 1.92 bits per heavy atom. The smallest absolute Gasteiger partial charge is 0.358 e. The van der Waals surface area contributed by atoms with Crippen molar-refractivity contribution in [3.05, 3.63) is 111 Å². The van der Waals surface area contributed by atoms with Gasteiger partial charge in [-0.3, -0.25) is 0 Å². The molecular weight excluding hydrogens is 533 g/mol. The van der Waals surface area contributed by atoms with Gasteiger partial charge in [0.1, 0.15) is 0 Å². The molecule has 206 valence electrons. The number of benzene rings is 3. The van der Waals surface area contributed by atoms with Crippen LogP contribution >= 0.6 is 0 Å². The fourth-order valence-electron chi connectivity index (χ4n) is 4.15. The van der Waals surface area contributed by atoms with E-state index >= 15 is 0 Å². The summed E-state index contributed by atoms with van der Waals surface area (Å²) in [5.74, 6) is 1.41. The van der Waals surface area contributed by atoms with Gasteiger partial charge in [-0.05, 0) is 63.8 Å². The van der Waals surface area contributed by atoms with E-state index in [1.807, 2.05) is 41.5 Å². The van der Waals surface area contributed by atoms with Crippen molar-refractivity contribution >= 4 is 16.3 Å². The zero-order chi connectivity index (χ0) is 26.4. The maximum Gasteiger partial charge on any atom is 3.00 e. The van der Waals surface area contributed by atoms with Crippen LogP contribution in [0.25, 0.3) is 27.5 Å². The minimum Gasteiger partial charge on any atom is -0.358 e. The number of allylic oxidation sites excluding steroid dienone is 4. The first kappa shape index (κ1) is 40.9. The molecule has 0 saturated carbocycles. The van der Waals surface area contributed by atoms with Gasteiger partial charge in [0.15, 0.2) is 0 Å². The molecule has 0 saturated heterocycles. The topological polar surface area (TPSA) is 0 Å². The minimum atomic E-state index is 0. The van der Waals surface area contributed by atoms with Crippen molar-refractivity contribution in [1.29, 1.82) is 0 Å². The van der Waals surface area contributed by atoms with Gasteiger partial charge in [0.25, 0.3) is 0 Å². The van der Waals surface area contributed by atoms with E-state index in [0.29, 0.717) is 11.8 Å².